The first-order chi connectivity index (χ1) is 24.0. The molecule has 2 saturated carbocycles. The fourth-order valence-electron chi connectivity index (χ4n) is 8.28. The number of hydrogen-bond donors (Lipinski definition) is 2. The monoisotopic (exact) mass is 752 g/mol. The molecule has 4 aliphatic rings. The molecule has 3 amide bonds. The molecule has 2 bridgehead atoms. The number of halogens is 2. The van der Waals surface area contributed by atoms with Gasteiger partial charge in [-0.2, -0.15) is 0 Å². The molecule has 256 valence electrons. The van der Waals surface area contributed by atoms with E-state index in [1.165, 1.54) is 42.3 Å². The summed E-state index contributed by atoms with van der Waals surface area (Å²) >= 11 is 14.7. The molecule has 2 N–H and O–H groups in total. The minimum absolute atomic E-state index is 0.0375. The second-order valence-corrected chi connectivity index (χ2v) is 15.6. The highest BCUT2D eigenvalue weighted by Crippen LogP contribution is 2.68. The molecule has 0 radical (unpaired) electrons. The van der Waals surface area contributed by atoms with E-state index in [2.05, 4.69) is 10.3 Å². The van der Waals surface area contributed by atoms with Gasteiger partial charge >= 0.3 is 4.87 Å². The molecule has 1 aromatic heterocycles. The number of imide groups is 1. The molecular formula is C34H26Cl2N4O8S2. The Morgan fingerprint density at radius 2 is 1.74 bits per heavy atom. The smallest absolute Gasteiger partial charge is 0.305 e. The Balaban J connectivity index is 1.07. The van der Waals surface area contributed by atoms with Crippen molar-refractivity contribution in [1.82, 2.24) is 4.98 Å². The van der Waals surface area contributed by atoms with Crippen molar-refractivity contribution >= 4 is 81.1 Å². The first-order valence-corrected chi connectivity index (χ1v) is 18.1. The van der Waals surface area contributed by atoms with Crippen molar-refractivity contribution in [3.8, 4) is 11.5 Å². The van der Waals surface area contributed by atoms with Crippen molar-refractivity contribution in [2.45, 2.75) is 22.6 Å². The number of ether oxygens (including phenoxy) is 2. The van der Waals surface area contributed by atoms with Gasteiger partial charge in [-0.1, -0.05) is 40.6 Å². The molecule has 8 rings (SSSR count). The number of thiazole rings is 1. The van der Waals surface area contributed by atoms with Gasteiger partial charge in [0.05, 0.1) is 44.6 Å². The van der Waals surface area contributed by atoms with Gasteiger partial charge in [0.2, 0.25) is 11.8 Å². The lowest BCUT2D eigenvalue weighted by Gasteiger charge is -2.43. The highest BCUT2D eigenvalue weighted by molar-refractivity contribution is 8.00. The number of methoxy groups -OCH3 is 1. The summed E-state index contributed by atoms with van der Waals surface area (Å²) in [5, 5.41) is 15.3. The number of nitro groups is 1. The average molecular weight is 754 g/mol. The van der Waals surface area contributed by atoms with E-state index >= 15 is 0 Å². The van der Waals surface area contributed by atoms with Crippen LogP contribution in [0.3, 0.4) is 0 Å². The summed E-state index contributed by atoms with van der Waals surface area (Å²) in [5.41, 5.74) is 1.51. The van der Waals surface area contributed by atoms with Crippen LogP contribution in [0.2, 0.25) is 10.0 Å². The summed E-state index contributed by atoms with van der Waals surface area (Å²) in [6, 6.07) is 15.7. The third-order valence-corrected chi connectivity index (χ3v) is 13.5. The fraction of sp³-hybridized carbons (Fsp3) is 0.294. The number of nitrogens with one attached hydrogen (secondary N) is 2. The van der Waals surface area contributed by atoms with E-state index in [0.29, 0.717) is 39.3 Å². The maximum atomic E-state index is 14.0. The topological polar surface area (TPSA) is 161 Å². The first kappa shape index (κ1) is 32.8. The number of aromatic nitrogens is 1. The third kappa shape index (κ3) is 5.27. The van der Waals surface area contributed by atoms with Crippen LogP contribution in [0.5, 0.6) is 11.5 Å². The van der Waals surface area contributed by atoms with Crippen LogP contribution in [0.25, 0.3) is 0 Å². The number of nitrogens with zero attached hydrogens (tertiary/aromatic N) is 2. The summed E-state index contributed by atoms with van der Waals surface area (Å²) in [6.45, 7) is -0.307. The number of amides is 3. The van der Waals surface area contributed by atoms with Crippen LogP contribution in [-0.2, 0) is 14.4 Å². The number of anilines is 2. The number of rotatable bonds is 8. The molecule has 7 atom stereocenters. The lowest BCUT2D eigenvalue weighted by Crippen LogP contribution is -2.42. The number of aromatic amines is 1. The Morgan fingerprint density at radius 3 is 2.44 bits per heavy atom. The molecular weight excluding hydrogens is 727 g/mol. The molecule has 3 aromatic carbocycles. The summed E-state index contributed by atoms with van der Waals surface area (Å²) in [5.74, 6) is -1.88. The Morgan fingerprint density at radius 1 is 1.00 bits per heavy atom. The summed E-state index contributed by atoms with van der Waals surface area (Å²) in [6.07, 6.45) is 0.700. The SMILES string of the molecule is COc1cc([C@H]2c3sc(=O)[nH]c3SC3C4CC(C5C(=O)N(c6ccc([N+](=O)[O-])cc6)C(=O)C45)C32)ccc1OCC(=O)Nc1ccc(Cl)c(Cl)c1. The number of carbonyl (C=O) groups is 3. The van der Waals surface area contributed by atoms with Crippen molar-refractivity contribution in [1.29, 1.82) is 0 Å². The van der Waals surface area contributed by atoms with Gasteiger partial charge in [-0.3, -0.25) is 34.2 Å². The Labute approximate surface area is 302 Å². The third-order valence-electron chi connectivity index (χ3n) is 10.2. The second kappa shape index (κ2) is 12.4. The molecule has 12 nitrogen and oxygen atoms in total. The van der Waals surface area contributed by atoms with E-state index in [-0.39, 0.29) is 57.9 Å². The van der Waals surface area contributed by atoms with Gasteiger partial charge in [0.15, 0.2) is 18.1 Å². The standard InChI is InChI=1S/C34H26Cl2N4O8S2/c1-47-23-10-14(2-9-22(23)48-13-24(41)37-15-3-8-20(35)21(36)11-15)25-26-18-12-19(29(26)49-31-30(25)50-34(44)38-31)28-27(18)32(42)39(33(28)43)16-4-6-17(7-5-16)40(45)46/h2-11,18-19,25-29H,12-13H2,1H3,(H,37,41)(H,38,44)/t18?,19?,25-,26?,27?,28?,29?/m1/s1. The van der Waals surface area contributed by atoms with Crippen LogP contribution >= 0.6 is 46.3 Å². The quantitative estimate of drug-likeness (QED) is 0.119. The van der Waals surface area contributed by atoms with E-state index in [0.717, 1.165) is 26.8 Å². The van der Waals surface area contributed by atoms with Crippen molar-refractivity contribution < 1.29 is 28.8 Å². The minimum Gasteiger partial charge on any atom is -0.493 e. The predicted molar refractivity (Wildman–Crippen MR) is 188 cm³/mol. The van der Waals surface area contributed by atoms with E-state index in [9.17, 15) is 29.3 Å². The molecule has 0 spiro atoms. The molecule has 4 aromatic rings. The van der Waals surface area contributed by atoms with Gasteiger partial charge in [0, 0.05) is 33.9 Å². The van der Waals surface area contributed by atoms with Gasteiger partial charge < -0.3 is 19.8 Å². The summed E-state index contributed by atoms with van der Waals surface area (Å²) < 4.78 is 11.5. The van der Waals surface area contributed by atoms with Crippen LogP contribution in [0.4, 0.5) is 17.1 Å². The summed E-state index contributed by atoms with van der Waals surface area (Å²) in [4.78, 5) is 68.8. The van der Waals surface area contributed by atoms with Crippen molar-refractivity contribution in [3.05, 3.63) is 101 Å². The second-order valence-electron chi connectivity index (χ2n) is 12.6. The maximum absolute atomic E-state index is 14.0. The number of carbonyl (C=O) groups excluding carboxylic acids is 3. The molecule has 1 saturated heterocycles. The molecule has 50 heavy (non-hydrogen) atoms. The number of fused-ring (bicyclic) bond motifs is 9. The Kier molecular flexibility index (Phi) is 8.17. The van der Waals surface area contributed by atoms with Crippen molar-refractivity contribution in [2.24, 2.45) is 29.6 Å². The lowest BCUT2D eigenvalue weighted by molar-refractivity contribution is -0.384. The molecule has 6 unspecified atom stereocenters. The zero-order valence-electron chi connectivity index (χ0n) is 26.0. The van der Waals surface area contributed by atoms with Gasteiger partial charge in [-0.05, 0) is 72.2 Å². The fourth-order valence-corrected chi connectivity index (χ4v) is 11.5. The molecule has 3 heterocycles. The van der Waals surface area contributed by atoms with Crippen LogP contribution in [0.15, 0.2) is 70.5 Å². The average Bonchev–Trinajstić information content (AvgIpc) is 3.84. The number of benzene rings is 3. The normalized spacial score (nSPS) is 26.0. The number of nitro benzene ring substituents is 1. The summed E-state index contributed by atoms with van der Waals surface area (Å²) in [7, 11) is 1.50. The highest BCUT2D eigenvalue weighted by Gasteiger charge is 2.69. The van der Waals surface area contributed by atoms with E-state index in [4.69, 9.17) is 32.7 Å². The van der Waals surface area contributed by atoms with Crippen LogP contribution in [0, 0.1) is 39.7 Å². The molecule has 3 fully saturated rings. The minimum atomic E-state index is -0.539. The zero-order chi connectivity index (χ0) is 35.0. The van der Waals surface area contributed by atoms with E-state index in [1.807, 2.05) is 12.1 Å². The molecule has 16 heteroatoms. The van der Waals surface area contributed by atoms with Crippen LogP contribution in [0.1, 0.15) is 22.8 Å². The number of thioether (sulfide) groups is 1. The zero-order valence-corrected chi connectivity index (χ0v) is 29.1. The predicted octanol–water partition coefficient (Wildman–Crippen LogP) is 6.36. The van der Waals surface area contributed by atoms with Crippen LogP contribution < -0.4 is 24.6 Å². The molecule has 2 aliphatic carbocycles. The Bertz CT molecular complexity index is 2160. The van der Waals surface area contributed by atoms with Crippen LogP contribution in [-0.4, -0.2) is 46.6 Å². The van der Waals surface area contributed by atoms with Gasteiger partial charge in [0.1, 0.15) is 0 Å². The van der Waals surface area contributed by atoms with Gasteiger partial charge in [0.25, 0.3) is 11.6 Å². The Hall–Kier alpha value is -4.37. The van der Waals surface area contributed by atoms with Gasteiger partial charge in [-0.25, -0.2) is 0 Å². The van der Waals surface area contributed by atoms with Crippen molar-refractivity contribution in [2.75, 3.05) is 23.9 Å². The first-order valence-electron chi connectivity index (χ1n) is 15.6. The van der Waals surface area contributed by atoms with Gasteiger partial charge in [-0.15, -0.1) is 11.8 Å². The van der Waals surface area contributed by atoms with Crippen molar-refractivity contribution in [3.63, 3.8) is 0 Å². The van der Waals surface area contributed by atoms with E-state index < -0.39 is 22.7 Å². The number of hydrogen-bond acceptors (Lipinski definition) is 10. The largest absolute Gasteiger partial charge is 0.493 e. The lowest BCUT2D eigenvalue weighted by atomic mass is 9.68. The number of non-ortho nitro benzene ring substituents is 1. The van der Waals surface area contributed by atoms with E-state index in [1.54, 1.807) is 30.0 Å². The highest BCUT2D eigenvalue weighted by atomic mass is 35.5. The number of H-pyrrole nitrogens is 1. The molecule has 2 aliphatic heterocycles. The maximum Gasteiger partial charge on any atom is 0.305 e.